The number of hydrogen-bond acceptors (Lipinski definition) is 4. The molecule has 2 amide bonds. The van der Waals surface area contributed by atoms with Gasteiger partial charge in [0, 0.05) is 51.7 Å². The van der Waals surface area contributed by atoms with Crippen molar-refractivity contribution in [2.75, 3.05) is 30.9 Å². The molecule has 9 heteroatoms. The number of halogens is 3. The van der Waals surface area contributed by atoms with Crippen molar-refractivity contribution in [3.8, 4) is 22.6 Å². The predicted molar refractivity (Wildman–Crippen MR) is 155 cm³/mol. The minimum Gasteiger partial charge on any atom is -0.493 e. The molecule has 1 aliphatic heterocycles. The van der Waals surface area contributed by atoms with Crippen molar-refractivity contribution in [2.45, 2.75) is 12.8 Å². The average molecular weight is 649 g/mol. The smallest absolute Gasteiger partial charge is 0.262 e. The first-order chi connectivity index (χ1) is 17.9. The van der Waals surface area contributed by atoms with Gasteiger partial charge in [-0.25, -0.2) is 0 Å². The van der Waals surface area contributed by atoms with Gasteiger partial charge in [0.15, 0.2) is 11.5 Å². The van der Waals surface area contributed by atoms with E-state index in [2.05, 4.69) is 31.9 Å². The summed E-state index contributed by atoms with van der Waals surface area (Å²) >= 11 is 13.4. The normalized spacial score (nSPS) is 13.2. The molecule has 4 aromatic rings. The molecule has 0 radical (unpaired) electrons. The minimum absolute atomic E-state index is 0.288. The molecule has 37 heavy (non-hydrogen) atoms. The average Bonchev–Trinajstić information content (AvgIpc) is 3.31. The number of ether oxygens (including phenoxy) is 2. The third-order valence-corrected chi connectivity index (χ3v) is 8.16. The summed E-state index contributed by atoms with van der Waals surface area (Å²) in [5, 5.41) is 3.60. The summed E-state index contributed by atoms with van der Waals surface area (Å²) in [6.07, 6.45) is 1.51. The fourth-order valence-corrected chi connectivity index (χ4v) is 5.70. The Labute approximate surface area is 236 Å². The third-order valence-electron chi connectivity index (χ3n) is 6.71. The molecule has 0 atom stereocenters. The number of amides is 2. The van der Waals surface area contributed by atoms with Gasteiger partial charge in [-0.2, -0.15) is 0 Å². The molecule has 192 valence electrons. The van der Waals surface area contributed by atoms with Crippen molar-refractivity contribution in [3.63, 3.8) is 0 Å². The topological polar surface area (TPSA) is 60.8 Å². The largest absolute Gasteiger partial charge is 0.493 e. The number of nitrogens with zero attached hydrogens (tertiary/aromatic N) is 2. The second kappa shape index (κ2) is 10.7. The van der Waals surface area contributed by atoms with Crippen LogP contribution in [0.2, 0.25) is 5.02 Å². The number of hydrogen-bond donors (Lipinski definition) is 0. The van der Waals surface area contributed by atoms with Crippen LogP contribution in [-0.4, -0.2) is 52.2 Å². The quantitative estimate of drug-likeness (QED) is 0.109. The van der Waals surface area contributed by atoms with Crippen LogP contribution >= 0.6 is 43.5 Å². The van der Waals surface area contributed by atoms with E-state index in [1.807, 2.05) is 48.0 Å². The number of aryl methyl sites for hydroxylation is 1. The molecular weight excluding hydrogens is 624 g/mol. The first-order valence-electron chi connectivity index (χ1n) is 12.0. The molecule has 0 N–H and O–H groups in total. The molecule has 0 spiro atoms. The maximum Gasteiger partial charge on any atom is 0.262 e. The molecule has 2 heterocycles. The van der Waals surface area contributed by atoms with E-state index in [9.17, 15) is 9.59 Å². The Bertz CT molecular complexity index is 1550. The van der Waals surface area contributed by atoms with Crippen molar-refractivity contribution in [2.24, 2.45) is 7.05 Å². The van der Waals surface area contributed by atoms with Crippen LogP contribution in [0, 0.1) is 0 Å². The fraction of sp³-hybridized carbons (Fsp3) is 0.286. The van der Waals surface area contributed by atoms with E-state index < -0.39 is 0 Å². The summed E-state index contributed by atoms with van der Waals surface area (Å²) in [5.41, 5.74) is 3.87. The number of aromatic nitrogens is 1. The lowest BCUT2D eigenvalue weighted by Crippen LogP contribution is -2.31. The van der Waals surface area contributed by atoms with Crippen LogP contribution in [0.1, 0.15) is 33.6 Å². The van der Waals surface area contributed by atoms with Gasteiger partial charge in [0.1, 0.15) is 0 Å². The highest BCUT2D eigenvalue weighted by molar-refractivity contribution is 9.09. The van der Waals surface area contributed by atoms with Gasteiger partial charge in [0.2, 0.25) is 0 Å². The Hall–Kier alpha value is -2.55. The summed E-state index contributed by atoms with van der Waals surface area (Å²) in [6.45, 7) is 0.874. The Morgan fingerprint density at radius 1 is 0.892 bits per heavy atom. The molecule has 0 saturated heterocycles. The molecule has 0 bridgehead atoms. The van der Waals surface area contributed by atoms with Gasteiger partial charge in [-0.15, -0.1) is 0 Å². The maximum absolute atomic E-state index is 13.8. The number of carbonyl (C=O) groups is 2. The van der Waals surface area contributed by atoms with Crippen LogP contribution in [0.25, 0.3) is 32.9 Å². The molecule has 3 aromatic carbocycles. The van der Waals surface area contributed by atoms with Crippen LogP contribution in [0.15, 0.2) is 42.5 Å². The number of imide groups is 1. The Morgan fingerprint density at radius 2 is 1.62 bits per heavy atom. The van der Waals surface area contributed by atoms with Crippen LogP contribution in [0.3, 0.4) is 0 Å². The lowest BCUT2D eigenvalue weighted by atomic mass is 9.93. The van der Waals surface area contributed by atoms with E-state index in [1.165, 1.54) is 4.90 Å². The highest BCUT2D eigenvalue weighted by atomic mass is 79.9. The Kier molecular flexibility index (Phi) is 7.52. The van der Waals surface area contributed by atoms with Gasteiger partial charge in [-0.3, -0.25) is 14.5 Å². The number of benzene rings is 3. The molecule has 0 aliphatic carbocycles. The summed E-state index contributed by atoms with van der Waals surface area (Å²) in [6, 6.07) is 13.2. The van der Waals surface area contributed by atoms with Crippen LogP contribution < -0.4 is 9.47 Å². The van der Waals surface area contributed by atoms with Gasteiger partial charge >= 0.3 is 0 Å². The van der Waals surface area contributed by atoms with Gasteiger partial charge in [0.25, 0.3) is 11.8 Å². The van der Waals surface area contributed by atoms with Crippen LogP contribution in [0.5, 0.6) is 11.5 Å². The highest BCUT2D eigenvalue weighted by Gasteiger charge is 2.40. The van der Waals surface area contributed by atoms with E-state index >= 15 is 0 Å². The Balaban J connectivity index is 1.84. The number of rotatable bonds is 9. The number of methoxy groups -OCH3 is 1. The zero-order chi connectivity index (χ0) is 26.3. The first-order valence-corrected chi connectivity index (χ1v) is 14.6. The SMILES string of the molecule is COc1cc2c3c4c(c(-c5ccccc5Cl)cc3n(C)c2cc1OCCCBr)C(=O)N(CCCBr)C4=O. The van der Waals surface area contributed by atoms with Gasteiger partial charge in [-0.05, 0) is 36.6 Å². The lowest BCUT2D eigenvalue weighted by Gasteiger charge is -2.13. The van der Waals surface area contributed by atoms with Crippen molar-refractivity contribution < 1.29 is 19.1 Å². The van der Waals surface area contributed by atoms with E-state index in [4.69, 9.17) is 21.1 Å². The van der Waals surface area contributed by atoms with Crippen molar-refractivity contribution >= 4 is 77.1 Å². The monoisotopic (exact) mass is 646 g/mol. The van der Waals surface area contributed by atoms with E-state index in [-0.39, 0.29) is 11.8 Å². The number of carbonyl (C=O) groups excluding carboxylic acids is 2. The molecule has 0 fully saturated rings. The molecule has 1 aliphatic rings. The van der Waals surface area contributed by atoms with Crippen molar-refractivity contribution in [3.05, 3.63) is 58.6 Å². The number of fused-ring (bicyclic) bond motifs is 5. The molecular formula is C28H25Br2ClN2O4. The second-order valence-corrected chi connectivity index (χ2v) is 10.8. The minimum atomic E-state index is -0.295. The zero-order valence-corrected chi connectivity index (χ0v) is 24.4. The molecule has 0 saturated carbocycles. The highest BCUT2D eigenvalue weighted by Crippen LogP contribution is 2.45. The second-order valence-electron chi connectivity index (χ2n) is 8.82. The molecule has 6 nitrogen and oxygen atoms in total. The van der Waals surface area contributed by atoms with Crippen molar-refractivity contribution in [1.29, 1.82) is 0 Å². The van der Waals surface area contributed by atoms with Gasteiger partial charge in [0.05, 0.1) is 35.9 Å². The molecule has 0 unspecified atom stereocenters. The van der Waals surface area contributed by atoms with Crippen molar-refractivity contribution in [1.82, 2.24) is 9.47 Å². The molecule has 5 rings (SSSR count). The predicted octanol–water partition coefficient (Wildman–Crippen LogP) is 7.21. The fourth-order valence-electron chi connectivity index (χ4n) is 4.98. The summed E-state index contributed by atoms with van der Waals surface area (Å²) in [5.74, 6) is 0.623. The number of alkyl halides is 2. The van der Waals surface area contributed by atoms with Crippen LogP contribution in [-0.2, 0) is 7.05 Å². The van der Waals surface area contributed by atoms with E-state index in [1.54, 1.807) is 13.2 Å². The third kappa shape index (κ3) is 4.33. The Morgan fingerprint density at radius 3 is 2.32 bits per heavy atom. The van der Waals surface area contributed by atoms with Gasteiger partial charge in [-0.1, -0.05) is 61.7 Å². The maximum atomic E-state index is 13.8. The summed E-state index contributed by atoms with van der Waals surface area (Å²) in [4.78, 5) is 28.9. The summed E-state index contributed by atoms with van der Waals surface area (Å²) < 4.78 is 13.7. The lowest BCUT2D eigenvalue weighted by molar-refractivity contribution is 0.0656. The zero-order valence-electron chi connectivity index (χ0n) is 20.4. The van der Waals surface area contributed by atoms with E-state index in [0.717, 1.165) is 33.6 Å². The van der Waals surface area contributed by atoms with Crippen LogP contribution in [0.4, 0.5) is 0 Å². The summed E-state index contributed by atoms with van der Waals surface area (Å²) in [7, 11) is 3.55. The van der Waals surface area contributed by atoms with E-state index in [0.29, 0.717) is 63.7 Å². The first kappa shape index (κ1) is 26.1. The van der Waals surface area contributed by atoms with Gasteiger partial charge < -0.3 is 14.0 Å². The standard InChI is InChI=1S/C28H25Br2ClN2O4/c1-32-20-15-23(37-12-6-10-30)22(36-2)14-18(20)24-21(32)13-17(16-7-3-4-8-19(16)31)25-26(24)28(35)33(27(25)34)11-5-9-29/h3-4,7-8,13-15H,5-6,9-12H2,1-2H3. The molecule has 1 aromatic heterocycles.